The van der Waals surface area contributed by atoms with Crippen molar-refractivity contribution >= 4 is 22.9 Å². The summed E-state index contributed by atoms with van der Waals surface area (Å²) < 4.78 is 0. The van der Waals surface area contributed by atoms with Gasteiger partial charge in [-0.15, -0.1) is 11.3 Å². The lowest BCUT2D eigenvalue weighted by Gasteiger charge is -2.01. The van der Waals surface area contributed by atoms with Crippen LogP contribution in [0.2, 0.25) is 5.02 Å². The van der Waals surface area contributed by atoms with Gasteiger partial charge >= 0.3 is 0 Å². The number of rotatable bonds is 4. The van der Waals surface area contributed by atoms with Crippen molar-refractivity contribution in [2.24, 2.45) is 5.73 Å². The summed E-state index contributed by atoms with van der Waals surface area (Å²) in [6.07, 6.45) is 1.87. The van der Waals surface area contributed by atoms with Gasteiger partial charge in [0.25, 0.3) is 0 Å². The SMILES string of the molecule is NCCc1cc(Cc2ccccc2Cl)cs1. The molecule has 0 radical (unpaired) electrons. The first-order chi connectivity index (χ1) is 7.79. The van der Waals surface area contributed by atoms with Crippen LogP contribution in [0.25, 0.3) is 0 Å². The van der Waals surface area contributed by atoms with Gasteiger partial charge in [0, 0.05) is 9.90 Å². The molecule has 2 N–H and O–H groups in total. The molecule has 2 aromatic rings. The van der Waals surface area contributed by atoms with E-state index in [2.05, 4.69) is 17.5 Å². The van der Waals surface area contributed by atoms with Gasteiger partial charge in [0.1, 0.15) is 0 Å². The maximum absolute atomic E-state index is 6.13. The first-order valence-electron chi connectivity index (χ1n) is 5.29. The molecule has 0 bridgehead atoms. The summed E-state index contributed by atoms with van der Waals surface area (Å²) in [5.41, 5.74) is 8.03. The highest BCUT2D eigenvalue weighted by Crippen LogP contribution is 2.22. The number of thiophene rings is 1. The van der Waals surface area contributed by atoms with E-state index >= 15 is 0 Å². The average molecular weight is 252 g/mol. The summed E-state index contributed by atoms with van der Waals surface area (Å²) in [7, 11) is 0. The Morgan fingerprint density at radius 3 is 2.81 bits per heavy atom. The van der Waals surface area contributed by atoms with Crippen LogP contribution in [0.15, 0.2) is 35.7 Å². The van der Waals surface area contributed by atoms with E-state index in [-0.39, 0.29) is 0 Å². The topological polar surface area (TPSA) is 26.0 Å². The van der Waals surface area contributed by atoms with Crippen molar-refractivity contribution in [2.75, 3.05) is 6.54 Å². The third kappa shape index (κ3) is 2.85. The van der Waals surface area contributed by atoms with Crippen molar-refractivity contribution in [3.63, 3.8) is 0 Å². The van der Waals surface area contributed by atoms with Gasteiger partial charge in [-0.25, -0.2) is 0 Å². The lowest BCUT2D eigenvalue weighted by atomic mass is 10.1. The molecule has 0 atom stereocenters. The Bertz CT molecular complexity index is 464. The van der Waals surface area contributed by atoms with Crippen molar-refractivity contribution < 1.29 is 0 Å². The van der Waals surface area contributed by atoms with Crippen LogP contribution in [0.1, 0.15) is 16.0 Å². The van der Waals surface area contributed by atoms with Gasteiger partial charge in [-0.2, -0.15) is 0 Å². The molecule has 0 spiro atoms. The van der Waals surface area contributed by atoms with E-state index in [0.29, 0.717) is 6.54 Å². The van der Waals surface area contributed by atoms with Crippen LogP contribution < -0.4 is 5.73 Å². The first kappa shape index (κ1) is 11.6. The zero-order chi connectivity index (χ0) is 11.4. The smallest absolute Gasteiger partial charge is 0.0441 e. The van der Waals surface area contributed by atoms with E-state index in [4.69, 9.17) is 17.3 Å². The maximum Gasteiger partial charge on any atom is 0.0441 e. The molecule has 0 unspecified atom stereocenters. The molecular weight excluding hydrogens is 238 g/mol. The van der Waals surface area contributed by atoms with Gasteiger partial charge in [0.05, 0.1) is 0 Å². The number of halogens is 1. The quantitative estimate of drug-likeness (QED) is 0.885. The third-order valence-corrected chi connectivity index (χ3v) is 3.87. The van der Waals surface area contributed by atoms with E-state index in [1.807, 2.05) is 18.2 Å². The standard InChI is InChI=1S/C13H14ClNS/c14-13-4-2-1-3-11(13)7-10-8-12(5-6-15)16-9-10/h1-4,8-9H,5-7,15H2. The van der Waals surface area contributed by atoms with Crippen LogP contribution in [0.3, 0.4) is 0 Å². The number of benzene rings is 1. The molecule has 84 valence electrons. The second-order valence-electron chi connectivity index (χ2n) is 3.73. The molecule has 0 aliphatic carbocycles. The third-order valence-electron chi connectivity index (χ3n) is 2.45. The summed E-state index contributed by atoms with van der Waals surface area (Å²) >= 11 is 7.90. The normalized spacial score (nSPS) is 10.6. The lowest BCUT2D eigenvalue weighted by molar-refractivity contribution is 0.986. The fourth-order valence-electron chi connectivity index (χ4n) is 1.65. The van der Waals surface area contributed by atoms with E-state index in [1.165, 1.54) is 16.0 Å². The van der Waals surface area contributed by atoms with Crippen LogP contribution in [-0.2, 0) is 12.8 Å². The van der Waals surface area contributed by atoms with Crippen LogP contribution in [0.5, 0.6) is 0 Å². The van der Waals surface area contributed by atoms with E-state index < -0.39 is 0 Å². The zero-order valence-corrected chi connectivity index (χ0v) is 10.5. The lowest BCUT2D eigenvalue weighted by Crippen LogP contribution is -2.00. The molecule has 0 saturated carbocycles. The second kappa shape index (κ2) is 5.48. The Hall–Kier alpha value is -0.830. The summed E-state index contributed by atoms with van der Waals surface area (Å²) in [6.45, 7) is 0.714. The summed E-state index contributed by atoms with van der Waals surface area (Å²) in [6, 6.07) is 10.2. The monoisotopic (exact) mass is 251 g/mol. The maximum atomic E-state index is 6.13. The van der Waals surface area contributed by atoms with Crippen molar-refractivity contribution in [1.29, 1.82) is 0 Å². The van der Waals surface area contributed by atoms with E-state index in [0.717, 1.165) is 17.9 Å². The van der Waals surface area contributed by atoms with Gasteiger partial charge in [-0.1, -0.05) is 29.8 Å². The minimum atomic E-state index is 0.714. The van der Waals surface area contributed by atoms with Crippen LogP contribution in [-0.4, -0.2) is 6.54 Å². The largest absolute Gasteiger partial charge is 0.330 e. The predicted octanol–water partition coefficient (Wildman–Crippen LogP) is 3.49. The molecule has 3 heteroatoms. The molecule has 0 fully saturated rings. The van der Waals surface area contributed by atoms with Gasteiger partial charge in [0.15, 0.2) is 0 Å². The number of hydrogen-bond acceptors (Lipinski definition) is 2. The molecule has 2 rings (SSSR count). The highest BCUT2D eigenvalue weighted by Gasteiger charge is 2.03. The molecule has 16 heavy (non-hydrogen) atoms. The molecule has 0 aliphatic rings. The minimum Gasteiger partial charge on any atom is -0.330 e. The summed E-state index contributed by atoms with van der Waals surface area (Å²) in [5, 5.41) is 3.03. The Labute approximate surface area is 105 Å². The molecule has 0 saturated heterocycles. The van der Waals surface area contributed by atoms with Crippen molar-refractivity contribution in [1.82, 2.24) is 0 Å². The fraction of sp³-hybridized carbons (Fsp3) is 0.231. The van der Waals surface area contributed by atoms with Crippen LogP contribution >= 0.6 is 22.9 Å². The molecular formula is C13H14ClNS. The molecule has 1 aromatic heterocycles. The Morgan fingerprint density at radius 2 is 2.06 bits per heavy atom. The molecule has 1 heterocycles. The highest BCUT2D eigenvalue weighted by molar-refractivity contribution is 7.10. The van der Waals surface area contributed by atoms with Crippen molar-refractivity contribution in [2.45, 2.75) is 12.8 Å². The molecule has 0 amide bonds. The van der Waals surface area contributed by atoms with Gasteiger partial charge in [0.2, 0.25) is 0 Å². The first-order valence-corrected chi connectivity index (χ1v) is 6.55. The summed E-state index contributed by atoms with van der Waals surface area (Å²) in [4.78, 5) is 1.35. The number of nitrogens with two attached hydrogens (primary N) is 1. The molecule has 1 aromatic carbocycles. The van der Waals surface area contributed by atoms with E-state index in [1.54, 1.807) is 11.3 Å². The van der Waals surface area contributed by atoms with Crippen molar-refractivity contribution in [3.8, 4) is 0 Å². The highest BCUT2D eigenvalue weighted by atomic mass is 35.5. The number of hydrogen-bond donors (Lipinski definition) is 1. The van der Waals surface area contributed by atoms with Gasteiger partial charge < -0.3 is 5.73 Å². The van der Waals surface area contributed by atoms with Crippen LogP contribution in [0.4, 0.5) is 0 Å². The Morgan fingerprint density at radius 1 is 1.25 bits per heavy atom. The van der Waals surface area contributed by atoms with E-state index in [9.17, 15) is 0 Å². The summed E-state index contributed by atoms with van der Waals surface area (Å²) in [5.74, 6) is 0. The molecule has 1 nitrogen and oxygen atoms in total. The Balaban J connectivity index is 2.11. The fourth-order valence-corrected chi connectivity index (χ4v) is 2.77. The molecule has 0 aliphatic heterocycles. The van der Waals surface area contributed by atoms with Crippen molar-refractivity contribution in [3.05, 3.63) is 56.7 Å². The predicted molar refractivity (Wildman–Crippen MR) is 71.3 cm³/mol. The van der Waals surface area contributed by atoms with Crippen LogP contribution in [0, 0.1) is 0 Å². The second-order valence-corrected chi connectivity index (χ2v) is 5.13. The van der Waals surface area contributed by atoms with Gasteiger partial charge in [-0.3, -0.25) is 0 Å². The zero-order valence-electron chi connectivity index (χ0n) is 8.95. The Kier molecular flexibility index (Phi) is 3.99. The minimum absolute atomic E-state index is 0.714. The van der Waals surface area contributed by atoms with Gasteiger partial charge in [-0.05, 0) is 48.0 Å². The average Bonchev–Trinajstić information content (AvgIpc) is 2.70.